The van der Waals surface area contributed by atoms with Crippen LogP contribution in [0, 0.1) is 11.8 Å². The van der Waals surface area contributed by atoms with Crippen molar-refractivity contribution in [3.63, 3.8) is 0 Å². The van der Waals surface area contributed by atoms with E-state index in [2.05, 4.69) is 72.8 Å². The molecule has 0 aliphatic rings. The Kier molecular flexibility index (Phi) is 24.9. The molecular weight excluding hydrogens is 1050 g/mol. The Bertz CT molecular complexity index is 2730. The van der Waals surface area contributed by atoms with Crippen molar-refractivity contribution in [3.8, 4) is 0 Å². The highest BCUT2D eigenvalue weighted by molar-refractivity contribution is 7.98. The molecule has 3 aromatic heterocycles. The lowest BCUT2D eigenvalue weighted by Crippen LogP contribution is -2.60. The predicted octanol–water partition coefficient (Wildman–Crippen LogP) is -2.97. The van der Waals surface area contributed by atoms with Gasteiger partial charge in [0.2, 0.25) is 59.1 Å². The number of amides is 10. The molecule has 0 aliphatic heterocycles. The highest BCUT2D eigenvalue weighted by Crippen LogP contribution is 2.20. The highest BCUT2D eigenvalue weighted by Gasteiger charge is 2.35. The van der Waals surface area contributed by atoms with Gasteiger partial charge in [-0.25, -0.2) is 14.8 Å². The van der Waals surface area contributed by atoms with E-state index in [0.29, 0.717) is 28.1 Å². The lowest BCUT2D eigenvalue weighted by atomic mass is 10.0. The fourth-order valence-electron chi connectivity index (χ4n) is 8.05. The monoisotopic (exact) mass is 1120 g/mol. The van der Waals surface area contributed by atoms with Crippen LogP contribution in [0.5, 0.6) is 0 Å². The normalized spacial score (nSPS) is 14.2. The van der Waals surface area contributed by atoms with Crippen LogP contribution in [-0.4, -0.2) is 169 Å². The second kappa shape index (κ2) is 31.2. The van der Waals surface area contributed by atoms with Gasteiger partial charge in [-0.2, -0.15) is 11.8 Å². The molecule has 1 aromatic carbocycles. The second-order valence-electron chi connectivity index (χ2n) is 19.4. The summed E-state index contributed by atoms with van der Waals surface area (Å²) in [6.45, 7) is 7.02. The average molecular weight is 1120 g/mol. The van der Waals surface area contributed by atoms with Gasteiger partial charge in [0.15, 0.2) is 0 Å². The number of thioether (sulfide) groups is 1. The summed E-state index contributed by atoms with van der Waals surface area (Å²) >= 11 is 1.41. The van der Waals surface area contributed by atoms with Gasteiger partial charge in [-0.1, -0.05) is 45.9 Å². The maximum absolute atomic E-state index is 14.3. The molecule has 430 valence electrons. The van der Waals surface area contributed by atoms with Crippen molar-refractivity contribution in [1.82, 2.24) is 72.8 Å². The minimum Gasteiger partial charge on any atom is -0.480 e. The summed E-state index contributed by atoms with van der Waals surface area (Å²) in [5, 5.41) is 33.3. The molecule has 29 heteroatoms. The lowest BCUT2D eigenvalue weighted by molar-refractivity contribution is -0.142. The van der Waals surface area contributed by atoms with E-state index in [1.165, 1.54) is 43.7 Å². The van der Waals surface area contributed by atoms with E-state index >= 15 is 0 Å². The van der Waals surface area contributed by atoms with Crippen molar-refractivity contribution in [2.75, 3.05) is 25.1 Å². The first kappa shape index (κ1) is 63.2. The Morgan fingerprint density at radius 2 is 1.15 bits per heavy atom. The minimum absolute atomic E-state index is 0.118. The number of hydrogen-bond donors (Lipinski definition) is 15. The number of nitrogens with zero attached hydrogens (tertiary/aromatic N) is 2. The van der Waals surface area contributed by atoms with Gasteiger partial charge in [0.05, 0.1) is 32.2 Å². The van der Waals surface area contributed by atoms with E-state index in [-0.39, 0.29) is 38.0 Å². The zero-order valence-corrected chi connectivity index (χ0v) is 45.5. The number of carboxylic acids is 1. The molecule has 0 fully saturated rings. The van der Waals surface area contributed by atoms with Crippen molar-refractivity contribution in [2.24, 2.45) is 23.3 Å². The molecule has 4 aromatic rings. The molecule has 0 saturated heterocycles. The summed E-state index contributed by atoms with van der Waals surface area (Å²) in [6.07, 6.45) is 8.15. The molecule has 0 spiro atoms. The van der Waals surface area contributed by atoms with Gasteiger partial charge in [-0.3, -0.25) is 47.9 Å². The van der Waals surface area contributed by atoms with Crippen LogP contribution in [-0.2, 0) is 72.0 Å². The van der Waals surface area contributed by atoms with Crippen molar-refractivity contribution in [3.05, 3.63) is 72.5 Å². The third-order valence-corrected chi connectivity index (χ3v) is 12.8. The number of carboxylic acid groups (broad SMARTS) is 1. The molecule has 3 heterocycles. The van der Waals surface area contributed by atoms with Crippen LogP contribution in [0.25, 0.3) is 10.9 Å². The van der Waals surface area contributed by atoms with Gasteiger partial charge in [0, 0.05) is 60.1 Å². The summed E-state index contributed by atoms with van der Waals surface area (Å²) in [7, 11) is 0. The Hall–Kier alpha value is -8.34. The topological polar surface area (TPSA) is 441 Å². The number of fused-ring (bicyclic) bond motifs is 1. The molecule has 0 aliphatic carbocycles. The van der Waals surface area contributed by atoms with Crippen molar-refractivity contribution >= 4 is 87.7 Å². The number of imidazole rings is 2. The largest absolute Gasteiger partial charge is 0.480 e. The summed E-state index contributed by atoms with van der Waals surface area (Å²) in [5.41, 5.74) is 12.9. The first-order valence-corrected chi connectivity index (χ1v) is 26.8. The Morgan fingerprint density at radius 1 is 0.620 bits per heavy atom. The van der Waals surface area contributed by atoms with E-state index in [0.717, 1.165) is 5.52 Å². The maximum Gasteiger partial charge on any atom is 0.326 e. The van der Waals surface area contributed by atoms with E-state index in [9.17, 15) is 57.8 Å². The van der Waals surface area contributed by atoms with E-state index in [4.69, 9.17) is 11.5 Å². The number of carbonyl (C=O) groups is 11. The molecular formula is C50H72N16O12S. The van der Waals surface area contributed by atoms with Gasteiger partial charge in [0.25, 0.3) is 0 Å². The number of benzene rings is 1. The van der Waals surface area contributed by atoms with Crippen LogP contribution in [0.2, 0.25) is 0 Å². The van der Waals surface area contributed by atoms with E-state index < -0.39 is 139 Å². The summed E-state index contributed by atoms with van der Waals surface area (Å²) < 4.78 is 0. The quantitative estimate of drug-likeness (QED) is 0.0227. The number of hydrogen-bond acceptors (Lipinski definition) is 15. The van der Waals surface area contributed by atoms with Crippen LogP contribution in [0.4, 0.5) is 0 Å². The predicted molar refractivity (Wildman–Crippen MR) is 289 cm³/mol. The maximum atomic E-state index is 14.3. The summed E-state index contributed by atoms with van der Waals surface area (Å²) in [6, 6.07) is -3.51. The second-order valence-corrected chi connectivity index (χ2v) is 20.4. The number of nitrogens with one attached hydrogen (secondary N) is 12. The SMILES string of the molecule is CSCC[C@H](NC(=O)[C@H](CC(C)C)NC(=O)[C@H](Cc1cnc[nH]1)NC(=O)CNC(=O)[C@@H](NC(=O)[C@H](C)NC(=O)[C@H](Cc1c[nH]c2ccccc12)NC(=O)[C@H](Cc1cnc[nH]1)NC(=O)[C@H](CC(N)=O)NC(=O)CN)C(C)C)C(=O)O. The number of H-pyrrole nitrogens is 3. The average Bonchev–Trinajstić information content (AvgIpc) is 4.22. The first-order chi connectivity index (χ1) is 37.5. The number of aliphatic carboxylic acids is 1. The molecule has 4 rings (SSSR count). The fraction of sp³-hybridized carbons (Fsp3) is 0.500. The van der Waals surface area contributed by atoms with Gasteiger partial charge in [0.1, 0.15) is 48.3 Å². The van der Waals surface area contributed by atoms with Gasteiger partial charge < -0.3 is 79.4 Å². The molecule has 0 unspecified atom stereocenters. The van der Waals surface area contributed by atoms with Crippen LogP contribution < -0.4 is 59.3 Å². The third kappa shape index (κ3) is 20.5. The fourth-order valence-corrected chi connectivity index (χ4v) is 8.52. The number of carbonyl (C=O) groups excluding carboxylic acids is 10. The third-order valence-electron chi connectivity index (χ3n) is 12.2. The first-order valence-electron chi connectivity index (χ1n) is 25.4. The summed E-state index contributed by atoms with van der Waals surface area (Å²) in [5.74, 6) is -9.85. The molecule has 28 nitrogen and oxygen atoms in total. The van der Waals surface area contributed by atoms with Crippen molar-refractivity contribution in [1.29, 1.82) is 0 Å². The highest BCUT2D eigenvalue weighted by atomic mass is 32.2. The Labute approximate surface area is 459 Å². The number of aromatic nitrogens is 5. The van der Waals surface area contributed by atoms with Crippen LogP contribution in [0.15, 0.2) is 55.5 Å². The van der Waals surface area contributed by atoms with Crippen LogP contribution >= 0.6 is 11.8 Å². The molecule has 0 radical (unpaired) electrons. The van der Waals surface area contributed by atoms with E-state index in [1.807, 2.05) is 13.8 Å². The standard InChI is InChI=1S/C50H72N16O12S/c1-25(2)13-34(45(72)62-33(50(77)78)11-12-79-6)63-46(73)36(15-29-20-53-23-57-29)61-41(69)22-56-49(76)42(26(3)4)66-43(70)27(5)59-44(71)35(14-28-19-55-32-10-8-7-9-31(28)32)64-47(74)37(16-30-21-54-24-58-30)65-48(75)38(17-39(52)67)60-40(68)18-51/h7-10,19-21,23-27,33-38,42,55H,11-18,22,51H2,1-6H3,(H2,52,67)(H,53,57)(H,54,58)(H,56,76)(H,59,71)(H,60,68)(H,61,69)(H,62,72)(H,63,73)(H,64,74)(H,65,75)(H,66,70)(H,77,78)/t27-,33-,34-,35-,36-,37-,38-,42-/m0/s1. The smallest absolute Gasteiger partial charge is 0.326 e. The molecule has 79 heavy (non-hydrogen) atoms. The molecule has 0 saturated carbocycles. The lowest BCUT2D eigenvalue weighted by Gasteiger charge is -2.27. The molecule has 8 atom stereocenters. The van der Waals surface area contributed by atoms with E-state index in [1.54, 1.807) is 50.6 Å². The van der Waals surface area contributed by atoms with Crippen LogP contribution in [0.1, 0.15) is 70.8 Å². The number of nitrogens with two attached hydrogens (primary N) is 2. The van der Waals surface area contributed by atoms with Gasteiger partial charge in [-0.05, 0) is 55.2 Å². The zero-order valence-electron chi connectivity index (χ0n) is 44.7. The Balaban J connectivity index is 1.48. The molecule has 0 bridgehead atoms. The zero-order chi connectivity index (χ0) is 58.3. The molecule has 17 N–H and O–H groups in total. The van der Waals surface area contributed by atoms with Crippen LogP contribution in [0.3, 0.4) is 0 Å². The number of rotatable bonds is 33. The summed E-state index contributed by atoms with van der Waals surface area (Å²) in [4.78, 5) is 163. The number of para-hydroxylation sites is 1. The minimum atomic E-state index is -1.51. The van der Waals surface area contributed by atoms with Crippen molar-refractivity contribution < 1.29 is 57.8 Å². The molecule has 10 amide bonds. The number of primary amides is 1. The van der Waals surface area contributed by atoms with Gasteiger partial charge >= 0.3 is 5.97 Å². The number of aromatic amines is 3. The van der Waals surface area contributed by atoms with Crippen molar-refractivity contribution in [2.45, 2.75) is 121 Å². The van der Waals surface area contributed by atoms with Gasteiger partial charge in [-0.15, -0.1) is 0 Å². The Morgan fingerprint density at radius 3 is 1.70 bits per heavy atom.